The van der Waals surface area contributed by atoms with Gasteiger partial charge in [-0.25, -0.2) is 4.98 Å². The summed E-state index contributed by atoms with van der Waals surface area (Å²) in [7, 11) is 1.85. The van der Waals surface area contributed by atoms with Crippen LogP contribution in [0, 0.1) is 0 Å². The Labute approximate surface area is 83.1 Å². The fourth-order valence-electron chi connectivity index (χ4n) is 2.02. The lowest BCUT2D eigenvalue weighted by atomic mass is 9.92. The van der Waals surface area contributed by atoms with Gasteiger partial charge in [0.15, 0.2) is 0 Å². The average molecular weight is 193 g/mol. The molecule has 1 aromatic heterocycles. The second kappa shape index (κ2) is 3.20. The van der Waals surface area contributed by atoms with E-state index in [0.717, 1.165) is 25.7 Å². The molecule has 1 aliphatic carbocycles. The van der Waals surface area contributed by atoms with Crippen molar-refractivity contribution in [1.29, 1.82) is 0 Å². The summed E-state index contributed by atoms with van der Waals surface area (Å²) in [6.07, 6.45) is 7.05. The first-order chi connectivity index (χ1) is 6.62. The van der Waals surface area contributed by atoms with Crippen LogP contribution < -0.4 is 5.73 Å². The molecule has 0 aliphatic heterocycles. The van der Waals surface area contributed by atoms with E-state index in [1.807, 2.05) is 7.05 Å². The number of nitrogens with zero attached hydrogens (tertiary/aromatic N) is 2. The molecule has 14 heavy (non-hydrogen) atoms. The minimum Gasteiger partial charge on any atom is -0.340 e. The lowest BCUT2D eigenvalue weighted by molar-refractivity contribution is 0.0887. The molecule has 1 aromatic rings. The van der Waals surface area contributed by atoms with E-state index in [2.05, 4.69) is 4.98 Å². The van der Waals surface area contributed by atoms with Crippen LogP contribution in [-0.2, 0) is 7.05 Å². The molecule has 1 saturated carbocycles. The summed E-state index contributed by atoms with van der Waals surface area (Å²) in [5, 5.41) is 0. The van der Waals surface area contributed by atoms with Crippen molar-refractivity contribution < 1.29 is 4.79 Å². The van der Waals surface area contributed by atoms with Crippen LogP contribution in [0.25, 0.3) is 0 Å². The minimum absolute atomic E-state index is 0.00407. The van der Waals surface area contributed by atoms with Crippen LogP contribution >= 0.6 is 0 Å². The molecule has 76 valence electrons. The fourth-order valence-corrected chi connectivity index (χ4v) is 2.02. The topological polar surface area (TPSA) is 60.9 Å². The lowest BCUT2D eigenvalue weighted by Gasteiger charge is -2.19. The number of aromatic nitrogens is 2. The number of Topliss-reactive ketones (excluding diaryl/α,β-unsaturated/α-hetero) is 1. The van der Waals surface area contributed by atoms with Crippen LogP contribution in [0.2, 0.25) is 0 Å². The second-order valence-electron chi connectivity index (χ2n) is 4.12. The van der Waals surface area contributed by atoms with Crippen molar-refractivity contribution in [3.63, 3.8) is 0 Å². The normalized spacial score (nSPS) is 19.9. The van der Waals surface area contributed by atoms with Crippen molar-refractivity contribution in [3.05, 3.63) is 18.2 Å². The number of rotatable bonds is 2. The molecule has 0 atom stereocenters. The van der Waals surface area contributed by atoms with Gasteiger partial charge in [-0.3, -0.25) is 4.79 Å². The molecule has 0 spiro atoms. The van der Waals surface area contributed by atoms with Gasteiger partial charge in [0.05, 0.1) is 11.9 Å². The Kier molecular flexibility index (Phi) is 2.15. The summed E-state index contributed by atoms with van der Waals surface area (Å²) in [4.78, 5) is 16.0. The van der Waals surface area contributed by atoms with Crippen LogP contribution in [0.4, 0.5) is 0 Å². The van der Waals surface area contributed by atoms with Crippen LogP contribution in [0.3, 0.4) is 0 Å². The average Bonchev–Trinajstić information content (AvgIpc) is 2.74. The van der Waals surface area contributed by atoms with Crippen molar-refractivity contribution in [1.82, 2.24) is 9.55 Å². The first-order valence-electron chi connectivity index (χ1n) is 4.93. The van der Waals surface area contributed by atoms with E-state index in [1.165, 1.54) is 0 Å². The number of hydrogen-bond donors (Lipinski definition) is 1. The van der Waals surface area contributed by atoms with Crippen LogP contribution in [0.1, 0.15) is 36.2 Å². The predicted octanol–water partition coefficient (Wildman–Crippen LogP) is 0.874. The minimum atomic E-state index is -0.644. The first-order valence-corrected chi connectivity index (χ1v) is 4.93. The van der Waals surface area contributed by atoms with Crippen LogP contribution in [0.5, 0.6) is 0 Å². The Morgan fingerprint density at radius 3 is 2.71 bits per heavy atom. The Bertz CT molecular complexity index is 350. The molecule has 0 bridgehead atoms. The lowest BCUT2D eigenvalue weighted by Crippen LogP contribution is -2.45. The summed E-state index contributed by atoms with van der Waals surface area (Å²) in [5.41, 5.74) is 5.90. The molecule has 1 fully saturated rings. The molecule has 0 unspecified atom stereocenters. The van der Waals surface area contributed by atoms with Gasteiger partial charge in [-0.1, -0.05) is 12.8 Å². The van der Waals surface area contributed by atoms with Gasteiger partial charge in [-0.2, -0.15) is 0 Å². The van der Waals surface area contributed by atoms with Gasteiger partial charge in [0.1, 0.15) is 5.69 Å². The molecule has 0 aromatic carbocycles. The molecule has 1 heterocycles. The Morgan fingerprint density at radius 2 is 2.21 bits per heavy atom. The number of hydrogen-bond acceptors (Lipinski definition) is 3. The molecule has 4 nitrogen and oxygen atoms in total. The van der Waals surface area contributed by atoms with E-state index in [4.69, 9.17) is 5.73 Å². The van der Waals surface area contributed by atoms with E-state index in [0.29, 0.717) is 5.69 Å². The molecule has 0 amide bonds. The quantitative estimate of drug-likeness (QED) is 0.709. The molecular formula is C10H15N3O. The fraction of sp³-hybridized carbons (Fsp3) is 0.600. The van der Waals surface area contributed by atoms with E-state index in [9.17, 15) is 4.79 Å². The highest BCUT2D eigenvalue weighted by Crippen LogP contribution is 2.29. The molecule has 1 aliphatic rings. The number of ketones is 1. The van der Waals surface area contributed by atoms with E-state index in [1.54, 1.807) is 17.1 Å². The van der Waals surface area contributed by atoms with Gasteiger partial charge >= 0.3 is 0 Å². The highest BCUT2D eigenvalue weighted by atomic mass is 16.1. The third-order valence-corrected chi connectivity index (χ3v) is 2.89. The number of imidazole rings is 1. The number of aryl methyl sites for hydroxylation is 1. The summed E-state index contributed by atoms with van der Waals surface area (Å²) >= 11 is 0. The van der Waals surface area contributed by atoms with Gasteiger partial charge < -0.3 is 10.3 Å². The molecule has 2 rings (SSSR count). The standard InChI is InChI=1S/C10H15N3O/c1-13-6-8(12-7-13)9(14)10(11)4-2-3-5-10/h6-7H,2-5,11H2,1H3. The van der Waals surface area contributed by atoms with E-state index < -0.39 is 5.54 Å². The molecule has 4 heteroatoms. The summed E-state index contributed by atoms with van der Waals surface area (Å²) in [6.45, 7) is 0. The van der Waals surface area contributed by atoms with Gasteiger partial charge in [0, 0.05) is 13.2 Å². The highest BCUT2D eigenvalue weighted by molar-refractivity contribution is 6.01. The van der Waals surface area contributed by atoms with Crippen molar-refractivity contribution in [2.24, 2.45) is 12.8 Å². The zero-order valence-electron chi connectivity index (χ0n) is 8.36. The first kappa shape index (κ1) is 9.40. The van der Waals surface area contributed by atoms with Crippen LogP contribution in [0.15, 0.2) is 12.5 Å². The molecule has 0 radical (unpaired) electrons. The van der Waals surface area contributed by atoms with Crippen molar-refractivity contribution in [3.8, 4) is 0 Å². The Morgan fingerprint density at radius 1 is 1.57 bits per heavy atom. The largest absolute Gasteiger partial charge is 0.340 e. The molecule has 0 saturated heterocycles. The molecule has 2 N–H and O–H groups in total. The monoisotopic (exact) mass is 193 g/mol. The smallest absolute Gasteiger partial charge is 0.202 e. The number of carbonyl (C=O) groups excluding carboxylic acids is 1. The zero-order chi connectivity index (χ0) is 10.2. The summed E-state index contributed by atoms with van der Waals surface area (Å²) in [6, 6.07) is 0. The second-order valence-corrected chi connectivity index (χ2v) is 4.12. The van der Waals surface area contributed by atoms with Gasteiger partial charge in [0.25, 0.3) is 0 Å². The van der Waals surface area contributed by atoms with Crippen LogP contribution in [-0.4, -0.2) is 20.9 Å². The Hall–Kier alpha value is -1.16. The third-order valence-electron chi connectivity index (χ3n) is 2.89. The number of nitrogens with two attached hydrogens (primary N) is 1. The van der Waals surface area contributed by atoms with Crippen molar-refractivity contribution in [2.45, 2.75) is 31.2 Å². The van der Waals surface area contributed by atoms with E-state index in [-0.39, 0.29) is 5.78 Å². The van der Waals surface area contributed by atoms with Gasteiger partial charge in [-0.15, -0.1) is 0 Å². The molecular weight excluding hydrogens is 178 g/mol. The third kappa shape index (κ3) is 1.46. The van der Waals surface area contributed by atoms with Crippen molar-refractivity contribution >= 4 is 5.78 Å². The zero-order valence-corrected chi connectivity index (χ0v) is 8.36. The highest BCUT2D eigenvalue weighted by Gasteiger charge is 2.38. The van der Waals surface area contributed by atoms with Crippen molar-refractivity contribution in [2.75, 3.05) is 0 Å². The maximum absolute atomic E-state index is 12.0. The maximum atomic E-state index is 12.0. The predicted molar refractivity (Wildman–Crippen MR) is 52.9 cm³/mol. The van der Waals surface area contributed by atoms with E-state index >= 15 is 0 Å². The summed E-state index contributed by atoms with van der Waals surface area (Å²) < 4.78 is 1.77. The Balaban J connectivity index is 2.23. The van der Waals surface area contributed by atoms with Gasteiger partial charge in [0.2, 0.25) is 5.78 Å². The maximum Gasteiger partial charge on any atom is 0.202 e. The summed E-state index contributed by atoms with van der Waals surface area (Å²) in [5.74, 6) is -0.00407. The SMILES string of the molecule is Cn1cnc(C(=O)C2(N)CCCC2)c1. The van der Waals surface area contributed by atoms with Gasteiger partial charge in [-0.05, 0) is 12.8 Å². The number of carbonyl (C=O) groups is 1.